The van der Waals surface area contributed by atoms with Gasteiger partial charge in [-0.25, -0.2) is 0 Å². The van der Waals surface area contributed by atoms with E-state index in [1.54, 1.807) is 12.1 Å². The van der Waals surface area contributed by atoms with E-state index in [4.69, 9.17) is 28.5 Å². The van der Waals surface area contributed by atoms with Gasteiger partial charge in [0.2, 0.25) is 0 Å². The molecule has 1 aromatic rings. The van der Waals surface area contributed by atoms with Crippen molar-refractivity contribution in [3.05, 3.63) is 40.4 Å². The van der Waals surface area contributed by atoms with Crippen LogP contribution in [0.4, 0.5) is 5.69 Å². The second-order valence-electron chi connectivity index (χ2n) is 3.07. The Morgan fingerprint density at radius 2 is 2.07 bits per heavy atom. The van der Waals surface area contributed by atoms with Crippen LogP contribution in [-0.4, -0.2) is 13.6 Å². The summed E-state index contributed by atoms with van der Waals surface area (Å²) in [6, 6.07) is 9.35. The molecule has 0 aliphatic carbocycles. The average molecular weight is 241 g/mol. The molecule has 0 aliphatic rings. The summed E-state index contributed by atoms with van der Waals surface area (Å²) in [5, 5.41) is 9.21. The Kier molecular flexibility index (Phi) is 4.48. The predicted octanol–water partition coefficient (Wildman–Crippen LogP) is 3.31. The second kappa shape index (κ2) is 5.65. The molecule has 0 heterocycles. The second-order valence-corrected chi connectivity index (χ2v) is 3.77. The van der Waals surface area contributed by atoms with Gasteiger partial charge in [-0.1, -0.05) is 23.2 Å². The van der Waals surface area contributed by atoms with Crippen molar-refractivity contribution in [1.29, 1.82) is 5.26 Å². The highest BCUT2D eigenvalue weighted by Crippen LogP contribution is 2.16. The van der Waals surface area contributed by atoms with Crippen LogP contribution >= 0.6 is 23.2 Å². The smallest absolute Gasteiger partial charge is 0.0991 e. The number of likely N-dealkylation sites (N-methyl/N-ethyl adjacent to an activating group) is 1. The van der Waals surface area contributed by atoms with Crippen molar-refractivity contribution in [3.8, 4) is 6.07 Å². The van der Waals surface area contributed by atoms with Gasteiger partial charge in [0.25, 0.3) is 0 Å². The van der Waals surface area contributed by atoms with Crippen LogP contribution in [-0.2, 0) is 0 Å². The molecule has 0 fully saturated rings. The minimum atomic E-state index is 0.553. The van der Waals surface area contributed by atoms with E-state index in [-0.39, 0.29) is 0 Å². The molecule has 78 valence electrons. The summed E-state index contributed by atoms with van der Waals surface area (Å²) >= 11 is 11.3. The monoisotopic (exact) mass is 240 g/mol. The number of hydrogen-bond donors (Lipinski definition) is 0. The fourth-order valence-corrected chi connectivity index (χ4v) is 1.39. The van der Waals surface area contributed by atoms with Crippen molar-refractivity contribution < 1.29 is 0 Å². The van der Waals surface area contributed by atoms with Crippen molar-refractivity contribution in [2.45, 2.75) is 0 Å². The van der Waals surface area contributed by atoms with Crippen molar-refractivity contribution in [1.82, 2.24) is 0 Å². The van der Waals surface area contributed by atoms with E-state index in [2.05, 4.69) is 6.07 Å². The Labute approximate surface area is 99.3 Å². The molecule has 0 amide bonds. The fraction of sp³-hybridized carbons (Fsp3) is 0.182. The van der Waals surface area contributed by atoms with Crippen molar-refractivity contribution in [3.63, 3.8) is 0 Å². The first-order chi connectivity index (χ1) is 7.17. The highest BCUT2D eigenvalue weighted by Gasteiger charge is 2.02. The van der Waals surface area contributed by atoms with Gasteiger partial charge in [-0.2, -0.15) is 5.26 Å². The minimum absolute atomic E-state index is 0.553. The number of anilines is 1. The quantitative estimate of drug-likeness (QED) is 0.811. The number of benzene rings is 1. The molecule has 1 aromatic carbocycles. The Balaban J connectivity index is 2.75. The van der Waals surface area contributed by atoms with Gasteiger partial charge in [-0.05, 0) is 24.3 Å². The van der Waals surface area contributed by atoms with Crippen LogP contribution in [0.5, 0.6) is 0 Å². The summed E-state index contributed by atoms with van der Waals surface area (Å²) < 4.78 is 0. The zero-order valence-electron chi connectivity index (χ0n) is 8.24. The van der Waals surface area contributed by atoms with E-state index < -0.39 is 0 Å². The van der Waals surface area contributed by atoms with Gasteiger partial charge in [0, 0.05) is 23.3 Å². The largest absolute Gasteiger partial charge is 0.369 e. The lowest BCUT2D eigenvalue weighted by molar-refractivity contribution is 1.02. The summed E-state index contributed by atoms with van der Waals surface area (Å²) in [6.07, 6.45) is 0. The number of hydrogen-bond acceptors (Lipinski definition) is 2. The zero-order chi connectivity index (χ0) is 11.3. The van der Waals surface area contributed by atoms with Crippen LogP contribution in [0.3, 0.4) is 0 Å². The number of halogens is 2. The van der Waals surface area contributed by atoms with Crippen LogP contribution in [0.15, 0.2) is 34.8 Å². The van der Waals surface area contributed by atoms with E-state index in [1.165, 1.54) is 5.54 Å². The van der Waals surface area contributed by atoms with Crippen LogP contribution in [0, 0.1) is 11.3 Å². The Bertz CT molecular complexity index is 390. The van der Waals surface area contributed by atoms with Crippen LogP contribution < -0.4 is 4.90 Å². The summed E-state index contributed by atoms with van der Waals surface area (Å²) in [4.78, 5) is 1.95. The van der Waals surface area contributed by atoms with Crippen molar-refractivity contribution in [2.24, 2.45) is 0 Å². The van der Waals surface area contributed by atoms with E-state index in [0.29, 0.717) is 17.1 Å². The van der Waals surface area contributed by atoms with Gasteiger partial charge >= 0.3 is 0 Å². The lowest BCUT2D eigenvalue weighted by atomic mass is 10.2. The molecule has 4 heteroatoms. The predicted molar refractivity (Wildman–Crippen MR) is 64.2 cm³/mol. The third-order valence-electron chi connectivity index (χ3n) is 1.94. The fourth-order valence-electron chi connectivity index (χ4n) is 1.14. The average Bonchev–Trinajstić information content (AvgIpc) is 2.29. The molecule has 0 aliphatic heterocycles. The maximum absolute atomic E-state index is 8.64. The van der Waals surface area contributed by atoms with E-state index in [1.807, 2.05) is 24.1 Å². The third-order valence-corrected chi connectivity index (χ3v) is 2.55. The molecule has 0 N–H and O–H groups in total. The van der Waals surface area contributed by atoms with Gasteiger partial charge in [-0.3, -0.25) is 0 Å². The van der Waals surface area contributed by atoms with E-state index in [0.717, 1.165) is 5.69 Å². The molecule has 15 heavy (non-hydrogen) atoms. The van der Waals surface area contributed by atoms with Crippen molar-refractivity contribution >= 4 is 28.9 Å². The summed E-state index contributed by atoms with van der Waals surface area (Å²) in [5.74, 6) is 0. The molecule has 0 unspecified atom stereocenters. The molecule has 2 nitrogen and oxygen atoms in total. The van der Waals surface area contributed by atoms with Crippen LogP contribution in [0.25, 0.3) is 0 Å². The first kappa shape index (κ1) is 11.9. The molecular weight excluding hydrogens is 231 g/mol. The van der Waals surface area contributed by atoms with Gasteiger partial charge < -0.3 is 4.90 Å². The van der Waals surface area contributed by atoms with Gasteiger partial charge in [0.15, 0.2) is 0 Å². The molecule has 0 saturated heterocycles. The maximum Gasteiger partial charge on any atom is 0.0991 e. The molecule has 0 aromatic heterocycles. The minimum Gasteiger partial charge on any atom is -0.369 e. The number of nitrogens with zero attached hydrogens (tertiary/aromatic N) is 2. The van der Waals surface area contributed by atoms with Crippen LogP contribution in [0.1, 0.15) is 5.56 Å². The SMILES string of the molecule is CN(CC(Cl)=CCl)c1ccc(C#N)cc1. The lowest BCUT2D eigenvalue weighted by Crippen LogP contribution is -2.18. The molecule has 0 saturated carbocycles. The summed E-state index contributed by atoms with van der Waals surface area (Å²) in [6.45, 7) is 0.553. The Morgan fingerprint density at radius 3 is 2.53 bits per heavy atom. The van der Waals surface area contributed by atoms with Gasteiger partial charge in [-0.15, -0.1) is 0 Å². The lowest BCUT2D eigenvalue weighted by Gasteiger charge is -2.18. The molecule has 0 atom stereocenters. The van der Waals surface area contributed by atoms with Crippen molar-refractivity contribution in [2.75, 3.05) is 18.5 Å². The first-order valence-corrected chi connectivity index (χ1v) is 5.15. The molecule has 0 spiro atoms. The third kappa shape index (κ3) is 3.47. The molecule has 0 bridgehead atoms. The van der Waals surface area contributed by atoms with E-state index >= 15 is 0 Å². The zero-order valence-corrected chi connectivity index (χ0v) is 9.76. The maximum atomic E-state index is 8.64. The summed E-state index contributed by atoms with van der Waals surface area (Å²) in [5.41, 5.74) is 2.98. The van der Waals surface area contributed by atoms with Gasteiger partial charge in [0.1, 0.15) is 0 Å². The topological polar surface area (TPSA) is 27.0 Å². The van der Waals surface area contributed by atoms with Gasteiger partial charge in [0.05, 0.1) is 18.2 Å². The number of rotatable bonds is 3. The normalized spacial score (nSPS) is 10.9. The highest BCUT2D eigenvalue weighted by molar-refractivity contribution is 6.36. The Morgan fingerprint density at radius 1 is 1.47 bits per heavy atom. The molecule has 1 rings (SSSR count). The highest BCUT2D eigenvalue weighted by atomic mass is 35.5. The Hall–Kier alpha value is -1.17. The van der Waals surface area contributed by atoms with E-state index in [9.17, 15) is 0 Å². The summed E-state index contributed by atoms with van der Waals surface area (Å²) in [7, 11) is 1.91. The molecular formula is C11H10Cl2N2. The standard InChI is InChI=1S/C11H10Cl2N2/c1-15(8-10(13)6-12)11-4-2-9(7-14)3-5-11/h2-6H,8H2,1H3. The first-order valence-electron chi connectivity index (χ1n) is 4.33. The number of nitriles is 1. The molecule has 0 radical (unpaired) electrons. The van der Waals surface area contributed by atoms with Crippen LogP contribution in [0.2, 0.25) is 0 Å².